The van der Waals surface area contributed by atoms with Crippen molar-refractivity contribution in [1.29, 1.82) is 0 Å². The van der Waals surface area contributed by atoms with E-state index < -0.39 is 9.84 Å². The van der Waals surface area contributed by atoms with Gasteiger partial charge >= 0.3 is 0 Å². The van der Waals surface area contributed by atoms with Gasteiger partial charge in [0.05, 0.1) is 5.75 Å². The Labute approximate surface area is 101 Å². The molecule has 0 saturated heterocycles. The number of rotatable bonds is 4. The molecule has 5 heteroatoms. The summed E-state index contributed by atoms with van der Waals surface area (Å²) in [7, 11) is -2.99. The van der Waals surface area contributed by atoms with Crippen LogP contribution < -0.4 is 4.74 Å². The van der Waals surface area contributed by atoms with E-state index in [1.165, 1.54) is 6.26 Å². The quantitative estimate of drug-likeness (QED) is 0.811. The summed E-state index contributed by atoms with van der Waals surface area (Å²) < 4.78 is 27.2. The fourth-order valence-electron chi connectivity index (χ4n) is 1.83. The highest BCUT2D eigenvalue weighted by Crippen LogP contribution is 2.26. The number of benzene rings is 1. The van der Waals surface area contributed by atoms with Crippen LogP contribution in [0.2, 0.25) is 0 Å². The largest absolute Gasteiger partial charge is 0.493 e. The fraction of sp³-hybridized carbons (Fsp3) is 0.417. The van der Waals surface area contributed by atoms with E-state index in [0.29, 0.717) is 12.2 Å². The van der Waals surface area contributed by atoms with Crippen LogP contribution in [0.3, 0.4) is 0 Å². The minimum atomic E-state index is -2.99. The van der Waals surface area contributed by atoms with Gasteiger partial charge in [0, 0.05) is 18.2 Å². The van der Waals surface area contributed by atoms with Crippen molar-refractivity contribution >= 4 is 15.6 Å². The molecule has 0 bridgehead atoms. The molecule has 1 aromatic carbocycles. The van der Waals surface area contributed by atoms with E-state index in [1.54, 1.807) is 12.1 Å². The number of fused-ring (bicyclic) bond motifs is 1. The molecule has 1 aliphatic carbocycles. The number of aryl methyl sites for hydroxylation is 1. The van der Waals surface area contributed by atoms with Gasteiger partial charge in [0.2, 0.25) is 0 Å². The number of Topliss-reactive ketones (excluding diaryl/α,β-unsaturated/α-hetero) is 1. The highest BCUT2D eigenvalue weighted by molar-refractivity contribution is 7.90. The Bertz CT molecular complexity index is 546. The molecule has 92 valence electrons. The SMILES string of the molecule is CS(=O)(=O)CCOc1ccc2c(c1)CCC2=O. The van der Waals surface area contributed by atoms with Crippen LogP contribution in [0.25, 0.3) is 0 Å². The van der Waals surface area contributed by atoms with E-state index in [2.05, 4.69) is 0 Å². The van der Waals surface area contributed by atoms with Crippen LogP contribution in [0, 0.1) is 0 Å². The highest BCUT2D eigenvalue weighted by atomic mass is 32.2. The molecule has 1 aromatic rings. The predicted octanol–water partition coefficient (Wildman–Crippen LogP) is 1.24. The molecule has 17 heavy (non-hydrogen) atoms. The number of ether oxygens (including phenoxy) is 1. The maximum atomic E-state index is 11.4. The molecule has 1 aliphatic rings. The van der Waals surface area contributed by atoms with Gasteiger partial charge in [0.1, 0.15) is 12.4 Å². The van der Waals surface area contributed by atoms with Crippen LogP contribution in [-0.2, 0) is 16.3 Å². The zero-order chi connectivity index (χ0) is 12.5. The summed E-state index contributed by atoms with van der Waals surface area (Å²) in [5.41, 5.74) is 1.76. The van der Waals surface area contributed by atoms with Crippen molar-refractivity contribution in [1.82, 2.24) is 0 Å². The fourth-order valence-corrected chi connectivity index (χ4v) is 2.22. The van der Waals surface area contributed by atoms with Gasteiger partial charge in [0.15, 0.2) is 15.6 Å². The number of carbonyl (C=O) groups is 1. The molecule has 0 amide bonds. The molecule has 4 nitrogen and oxygen atoms in total. The van der Waals surface area contributed by atoms with Gasteiger partial charge in [-0.05, 0) is 30.2 Å². The first-order valence-corrected chi connectivity index (χ1v) is 7.48. The third-order valence-corrected chi connectivity index (χ3v) is 3.63. The Morgan fingerprint density at radius 1 is 1.29 bits per heavy atom. The zero-order valence-electron chi connectivity index (χ0n) is 9.60. The van der Waals surface area contributed by atoms with Gasteiger partial charge in [-0.2, -0.15) is 0 Å². The molecule has 0 saturated carbocycles. The molecule has 0 N–H and O–H groups in total. The van der Waals surface area contributed by atoms with E-state index in [9.17, 15) is 13.2 Å². The van der Waals surface area contributed by atoms with Crippen molar-refractivity contribution < 1.29 is 17.9 Å². The van der Waals surface area contributed by atoms with Crippen molar-refractivity contribution in [3.63, 3.8) is 0 Å². The molecule has 0 spiro atoms. The Morgan fingerprint density at radius 2 is 2.06 bits per heavy atom. The van der Waals surface area contributed by atoms with E-state index in [-0.39, 0.29) is 18.1 Å². The topological polar surface area (TPSA) is 60.4 Å². The highest BCUT2D eigenvalue weighted by Gasteiger charge is 2.19. The average molecular weight is 254 g/mol. The van der Waals surface area contributed by atoms with Gasteiger partial charge < -0.3 is 4.74 Å². The maximum absolute atomic E-state index is 11.4. The molecule has 0 aromatic heterocycles. The molecule has 0 heterocycles. The lowest BCUT2D eigenvalue weighted by Crippen LogP contribution is -2.12. The normalized spacial score (nSPS) is 14.8. The number of hydrogen-bond acceptors (Lipinski definition) is 4. The Kier molecular flexibility index (Phi) is 3.19. The molecule has 2 rings (SSSR count). The summed E-state index contributed by atoms with van der Waals surface area (Å²) in [5.74, 6) is 0.799. The minimum absolute atomic E-state index is 0.00299. The molecule has 0 fully saturated rings. The van der Waals surface area contributed by atoms with Crippen molar-refractivity contribution in [3.05, 3.63) is 29.3 Å². The molecular formula is C12H14O4S. The molecule has 0 aliphatic heterocycles. The summed E-state index contributed by atoms with van der Waals surface area (Å²) in [6.07, 6.45) is 2.48. The molecule has 0 atom stereocenters. The third kappa shape index (κ3) is 3.06. The van der Waals surface area contributed by atoms with Crippen molar-refractivity contribution in [2.45, 2.75) is 12.8 Å². The minimum Gasteiger partial charge on any atom is -0.493 e. The van der Waals surface area contributed by atoms with Gasteiger partial charge in [-0.3, -0.25) is 4.79 Å². The smallest absolute Gasteiger partial charge is 0.163 e. The average Bonchev–Trinajstić information content (AvgIpc) is 2.58. The van der Waals surface area contributed by atoms with E-state index in [0.717, 1.165) is 17.5 Å². The molecule has 0 radical (unpaired) electrons. The lowest BCUT2D eigenvalue weighted by molar-refractivity contribution is 0.0994. The second-order valence-corrected chi connectivity index (χ2v) is 6.48. The standard InChI is InChI=1S/C12H14O4S/c1-17(14,15)7-6-16-10-3-4-11-9(8-10)2-5-12(11)13/h3-4,8H,2,5-7H2,1H3. The summed E-state index contributed by atoms with van der Waals surface area (Å²) >= 11 is 0. The Balaban J connectivity index is 2.02. The van der Waals surface area contributed by atoms with E-state index >= 15 is 0 Å². The van der Waals surface area contributed by atoms with E-state index in [1.807, 2.05) is 6.07 Å². The summed E-state index contributed by atoms with van der Waals surface area (Å²) in [6.45, 7) is 0.144. The van der Waals surface area contributed by atoms with Crippen LogP contribution >= 0.6 is 0 Å². The predicted molar refractivity (Wildman–Crippen MR) is 64.3 cm³/mol. The summed E-state index contributed by atoms with van der Waals surface area (Å²) in [4.78, 5) is 11.4. The summed E-state index contributed by atoms with van der Waals surface area (Å²) in [6, 6.07) is 5.29. The third-order valence-electron chi connectivity index (χ3n) is 2.72. The first kappa shape index (κ1) is 12.1. The van der Waals surface area contributed by atoms with Gasteiger partial charge in [-0.25, -0.2) is 8.42 Å². The Hall–Kier alpha value is -1.36. The second kappa shape index (κ2) is 4.49. The maximum Gasteiger partial charge on any atom is 0.163 e. The molecular weight excluding hydrogens is 240 g/mol. The van der Waals surface area contributed by atoms with Gasteiger partial charge in [0.25, 0.3) is 0 Å². The van der Waals surface area contributed by atoms with Crippen molar-refractivity contribution in [3.8, 4) is 5.75 Å². The lowest BCUT2D eigenvalue weighted by Gasteiger charge is -2.06. The number of carbonyl (C=O) groups excluding carboxylic acids is 1. The molecule has 0 unspecified atom stereocenters. The van der Waals surface area contributed by atoms with Gasteiger partial charge in [-0.15, -0.1) is 0 Å². The second-order valence-electron chi connectivity index (χ2n) is 4.22. The van der Waals surface area contributed by atoms with Gasteiger partial charge in [-0.1, -0.05) is 0 Å². The zero-order valence-corrected chi connectivity index (χ0v) is 10.4. The van der Waals surface area contributed by atoms with Crippen LogP contribution in [0.5, 0.6) is 5.75 Å². The Morgan fingerprint density at radius 3 is 2.76 bits per heavy atom. The number of ketones is 1. The summed E-state index contributed by atoms with van der Waals surface area (Å²) in [5, 5.41) is 0. The van der Waals surface area contributed by atoms with E-state index in [4.69, 9.17) is 4.74 Å². The van der Waals surface area contributed by atoms with Crippen LogP contribution in [0.4, 0.5) is 0 Å². The first-order chi connectivity index (χ1) is 7.96. The number of sulfone groups is 1. The van der Waals surface area contributed by atoms with Crippen LogP contribution in [0.1, 0.15) is 22.3 Å². The first-order valence-electron chi connectivity index (χ1n) is 5.42. The lowest BCUT2D eigenvalue weighted by atomic mass is 10.1. The van der Waals surface area contributed by atoms with Crippen LogP contribution in [-0.4, -0.2) is 32.8 Å². The van der Waals surface area contributed by atoms with Crippen molar-refractivity contribution in [2.75, 3.05) is 18.6 Å². The van der Waals surface area contributed by atoms with Crippen molar-refractivity contribution in [2.24, 2.45) is 0 Å². The number of hydrogen-bond donors (Lipinski definition) is 0. The monoisotopic (exact) mass is 254 g/mol. The van der Waals surface area contributed by atoms with Crippen LogP contribution in [0.15, 0.2) is 18.2 Å².